The van der Waals surface area contributed by atoms with Gasteiger partial charge in [0.2, 0.25) is 0 Å². The van der Waals surface area contributed by atoms with Crippen LogP contribution in [-0.2, 0) is 11.3 Å². The third-order valence-corrected chi connectivity index (χ3v) is 6.54. The smallest absolute Gasteiger partial charge is 0.293 e. The fourth-order valence-corrected chi connectivity index (χ4v) is 5.09. The van der Waals surface area contributed by atoms with Gasteiger partial charge >= 0.3 is 0 Å². The lowest BCUT2D eigenvalue weighted by atomic mass is 10.0. The van der Waals surface area contributed by atoms with E-state index in [0.717, 1.165) is 37.2 Å². The Morgan fingerprint density at radius 2 is 1.80 bits per heavy atom. The molecule has 0 N–H and O–H groups in total. The number of benzene rings is 3. The number of carbonyl (C=O) groups excluding carboxylic acids is 2. The minimum Gasteiger partial charge on any atom is -0.493 e. The topological polar surface area (TPSA) is 55.8 Å². The molecular formula is C23H18INO4S. The van der Waals surface area contributed by atoms with Crippen molar-refractivity contribution < 1.29 is 19.1 Å². The molecule has 0 saturated carbocycles. The van der Waals surface area contributed by atoms with Crippen LogP contribution in [0.2, 0.25) is 0 Å². The second kappa shape index (κ2) is 8.69. The van der Waals surface area contributed by atoms with Crippen LogP contribution in [0.4, 0.5) is 4.79 Å². The Labute approximate surface area is 192 Å². The fraction of sp³-hybridized carbons (Fsp3) is 0.130. The number of nitrogens with zero attached hydrogens (tertiary/aromatic N) is 1. The van der Waals surface area contributed by atoms with Crippen LogP contribution >= 0.6 is 34.4 Å². The normalized spacial score (nSPS) is 15.3. The molecule has 0 bridgehead atoms. The van der Waals surface area contributed by atoms with Crippen molar-refractivity contribution in [3.05, 3.63) is 74.2 Å². The molecule has 0 atom stereocenters. The second-order valence-corrected chi connectivity index (χ2v) is 8.80. The van der Waals surface area contributed by atoms with Gasteiger partial charge in [-0.05, 0) is 74.5 Å². The predicted octanol–water partition coefficient (Wildman–Crippen LogP) is 5.70. The first-order valence-corrected chi connectivity index (χ1v) is 11.0. The fourth-order valence-electron chi connectivity index (χ4n) is 3.41. The lowest BCUT2D eigenvalue weighted by Crippen LogP contribution is -2.27. The van der Waals surface area contributed by atoms with Crippen LogP contribution < -0.4 is 9.47 Å². The summed E-state index contributed by atoms with van der Waals surface area (Å²) in [4.78, 5) is 27.3. The van der Waals surface area contributed by atoms with Gasteiger partial charge in [0.05, 0.1) is 29.2 Å². The molecular weight excluding hydrogens is 513 g/mol. The Morgan fingerprint density at radius 1 is 1.03 bits per heavy atom. The SMILES string of the molecule is COc1cc(/C=C2/SC(=O)N(Cc3cccc4ccccc34)C2=O)cc(I)c1OC. The first-order valence-electron chi connectivity index (χ1n) is 9.15. The Morgan fingerprint density at radius 3 is 2.57 bits per heavy atom. The van der Waals surface area contributed by atoms with Crippen molar-refractivity contribution in [2.24, 2.45) is 0 Å². The maximum absolute atomic E-state index is 13.0. The highest BCUT2D eigenvalue weighted by Gasteiger charge is 2.35. The van der Waals surface area contributed by atoms with Crippen LogP contribution in [0.25, 0.3) is 16.8 Å². The molecule has 152 valence electrons. The standard InChI is InChI=1S/C23H18INO4S/c1-28-19-11-14(10-18(24)21(19)29-2)12-20-22(26)25(23(27)30-20)13-16-8-5-7-15-6-3-4-9-17(15)16/h3-12H,13H2,1-2H3/b20-12+. The van der Waals surface area contributed by atoms with Crippen molar-refractivity contribution >= 4 is 62.3 Å². The minimum atomic E-state index is -0.289. The summed E-state index contributed by atoms with van der Waals surface area (Å²) in [5.41, 5.74) is 1.71. The van der Waals surface area contributed by atoms with Gasteiger partial charge in [-0.2, -0.15) is 0 Å². The van der Waals surface area contributed by atoms with Crippen molar-refractivity contribution in [3.8, 4) is 11.5 Å². The molecule has 1 aliphatic heterocycles. The molecule has 4 rings (SSSR count). The number of hydrogen-bond donors (Lipinski definition) is 0. The molecule has 0 aromatic heterocycles. The van der Waals surface area contributed by atoms with Crippen LogP contribution in [0.3, 0.4) is 0 Å². The summed E-state index contributed by atoms with van der Waals surface area (Å²) < 4.78 is 11.6. The first kappa shape index (κ1) is 20.7. The number of halogens is 1. The van der Waals surface area contributed by atoms with Gasteiger partial charge in [0.1, 0.15) is 0 Å². The predicted molar refractivity (Wildman–Crippen MR) is 128 cm³/mol. The van der Waals surface area contributed by atoms with Crippen LogP contribution in [-0.4, -0.2) is 30.3 Å². The largest absolute Gasteiger partial charge is 0.493 e. The van der Waals surface area contributed by atoms with Gasteiger partial charge in [-0.15, -0.1) is 0 Å². The number of thioether (sulfide) groups is 1. The van der Waals surface area contributed by atoms with Crippen molar-refractivity contribution in [2.45, 2.75) is 6.54 Å². The molecule has 0 radical (unpaired) electrons. The van der Waals surface area contributed by atoms with Crippen LogP contribution in [0.15, 0.2) is 59.5 Å². The number of ether oxygens (including phenoxy) is 2. The lowest BCUT2D eigenvalue weighted by molar-refractivity contribution is -0.123. The molecule has 1 saturated heterocycles. The summed E-state index contributed by atoms with van der Waals surface area (Å²) in [5.74, 6) is 0.924. The number of amides is 2. The minimum absolute atomic E-state index is 0.243. The summed E-state index contributed by atoms with van der Waals surface area (Å²) in [5, 5.41) is 1.85. The molecule has 5 nitrogen and oxygen atoms in total. The maximum Gasteiger partial charge on any atom is 0.293 e. The van der Waals surface area contributed by atoms with E-state index in [2.05, 4.69) is 22.6 Å². The molecule has 0 aliphatic carbocycles. The van der Waals surface area contributed by atoms with Crippen molar-refractivity contribution in [2.75, 3.05) is 14.2 Å². The monoisotopic (exact) mass is 531 g/mol. The molecule has 0 spiro atoms. The summed E-state index contributed by atoms with van der Waals surface area (Å²) in [6.07, 6.45) is 1.72. The highest BCUT2D eigenvalue weighted by molar-refractivity contribution is 14.1. The third kappa shape index (κ3) is 3.91. The molecule has 2 amide bonds. The number of carbonyl (C=O) groups is 2. The molecule has 3 aromatic carbocycles. The highest BCUT2D eigenvalue weighted by Crippen LogP contribution is 2.37. The number of fused-ring (bicyclic) bond motifs is 1. The quantitative estimate of drug-likeness (QED) is 0.313. The zero-order valence-corrected chi connectivity index (χ0v) is 19.3. The Hall–Kier alpha value is -2.52. The van der Waals surface area contributed by atoms with Gasteiger partial charge in [-0.3, -0.25) is 14.5 Å². The number of methoxy groups -OCH3 is 2. The van der Waals surface area contributed by atoms with E-state index in [0.29, 0.717) is 16.4 Å². The van der Waals surface area contributed by atoms with Crippen LogP contribution in [0.1, 0.15) is 11.1 Å². The van der Waals surface area contributed by atoms with E-state index in [9.17, 15) is 9.59 Å². The molecule has 1 aliphatic rings. The highest BCUT2D eigenvalue weighted by atomic mass is 127. The van der Waals surface area contributed by atoms with E-state index in [1.54, 1.807) is 26.4 Å². The Bertz CT molecular complexity index is 1190. The first-order chi connectivity index (χ1) is 14.5. The Kier molecular flexibility index (Phi) is 6.01. The number of hydrogen-bond acceptors (Lipinski definition) is 5. The maximum atomic E-state index is 13.0. The molecule has 3 aromatic rings. The van der Waals surface area contributed by atoms with E-state index in [4.69, 9.17) is 9.47 Å². The van der Waals surface area contributed by atoms with E-state index < -0.39 is 0 Å². The van der Waals surface area contributed by atoms with Gasteiger partial charge in [0.15, 0.2) is 11.5 Å². The van der Waals surface area contributed by atoms with E-state index in [1.807, 2.05) is 48.5 Å². The summed E-state index contributed by atoms with van der Waals surface area (Å²) in [6, 6.07) is 17.5. The van der Waals surface area contributed by atoms with Crippen molar-refractivity contribution in [3.63, 3.8) is 0 Å². The van der Waals surface area contributed by atoms with Crippen molar-refractivity contribution in [1.29, 1.82) is 0 Å². The van der Waals surface area contributed by atoms with Gasteiger partial charge in [0.25, 0.3) is 11.1 Å². The van der Waals surface area contributed by atoms with Gasteiger partial charge < -0.3 is 9.47 Å². The van der Waals surface area contributed by atoms with Crippen LogP contribution in [0.5, 0.6) is 11.5 Å². The van der Waals surface area contributed by atoms with E-state index in [-0.39, 0.29) is 17.7 Å². The summed E-state index contributed by atoms with van der Waals surface area (Å²) in [6.45, 7) is 0.243. The van der Waals surface area contributed by atoms with E-state index in [1.165, 1.54) is 4.90 Å². The second-order valence-electron chi connectivity index (χ2n) is 6.64. The average Bonchev–Trinajstić information content (AvgIpc) is 3.01. The molecule has 1 fully saturated rings. The zero-order chi connectivity index (χ0) is 21.3. The molecule has 30 heavy (non-hydrogen) atoms. The zero-order valence-electron chi connectivity index (χ0n) is 16.3. The third-order valence-electron chi connectivity index (χ3n) is 4.84. The van der Waals surface area contributed by atoms with Crippen molar-refractivity contribution in [1.82, 2.24) is 4.90 Å². The number of rotatable bonds is 5. The van der Waals surface area contributed by atoms with Crippen LogP contribution in [0, 0.1) is 3.57 Å². The summed E-state index contributed by atoms with van der Waals surface area (Å²) >= 11 is 3.11. The average molecular weight is 531 g/mol. The van der Waals surface area contributed by atoms with E-state index >= 15 is 0 Å². The summed E-state index contributed by atoms with van der Waals surface area (Å²) in [7, 11) is 3.15. The van der Waals surface area contributed by atoms with Gasteiger partial charge in [-0.25, -0.2) is 0 Å². The molecule has 0 unspecified atom stereocenters. The van der Waals surface area contributed by atoms with Gasteiger partial charge in [-0.1, -0.05) is 42.5 Å². The Balaban J connectivity index is 1.64. The number of imide groups is 1. The lowest BCUT2D eigenvalue weighted by Gasteiger charge is -2.14. The molecule has 1 heterocycles. The van der Waals surface area contributed by atoms with Gasteiger partial charge in [0, 0.05) is 0 Å². The molecule has 7 heteroatoms.